The predicted molar refractivity (Wildman–Crippen MR) is 153 cm³/mol. The van der Waals surface area contributed by atoms with Crippen LogP contribution in [0.4, 0.5) is 0 Å². The van der Waals surface area contributed by atoms with E-state index < -0.39 is 0 Å². The molecule has 0 fully saturated rings. The van der Waals surface area contributed by atoms with Crippen LogP contribution in [-0.4, -0.2) is 4.57 Å². The number of aryl methyl sites for hydroxylation is 3. The first kappa shape index (κ1) is 19.7. The number of aromatic nitrogens is 1. The van der Waals surface area contributed by atoms with Crippen molar-refractivity contribution in [1.29, 1.82) is 0 Å². The normalized spacial score (nSPS) is 12.4. The molecule has 2 nitrogen and oxygen atoms in total. The number of rotatable bonds is 1. The summed E-state index contributed by atoms with van der Waals surface area (Å²) in [5, 5.41) is 5.00. The molecular formula is C31H21NOS2. The summed E-state index contributed by atoms with van der Waals surface area (Å²) in [6, 6.07) is 26.9. The quantitative estimate of drug-likeness (QED) is 0.225. The maximum absolute atomic E-state index is 6.64. The van der Waals surface area contributed by atoms with Gasteiger partial charge in [-0.1, -0.05) is 35.9 Å². The first-order chi connectivity index (χ1) is 17.0. The molecule has 0 unspecified atom stereocenters. The van der Waals surface area contributed by atoms with E-state index in [0.29, 0.717) is 0 Å². The van der Waals surface area contributed by atoms with Crippen LogP contribution in [0.25, 0.3) is 68.2 Å². The summed E-state index contributed by atoms with van der Waals surface area (Å²) in [5.74, 6) is 0. The molecule has 8 rings (SSSR count). The molecule has 0 aliphatic carbocycles. The third-order valence-electron chi connectivity index (χ3n) is 7.18. The number of hydrogen-bond donors (Lipinski definition) is 0. The van der Waals surface area contributed by atoms with E-state index in [1.165, 1.54) is 57.2 Å². The molecule has 4 heterocycles. The van der Waals surface area contributed by atoms with E-state index in [1.54, 1.807) is 0 Å². The Morgan fingerprint density at radius 2 is 1.26 bits per heavy atom. The molecule has 0 aliphatic heterocycles. The van der Waals surface area contributed by atoms with Crippen LogP contribution in [0.15, 0.2) is 77.2 Å². The van der Waals surface area contributed by atoms with Gasteiger partial charge in [-0.3, -0.25) is 0 Å². The van der Waals surface area contributed by atoms with Crippen LogP contribution >= 0.6 is 22.7 Å². The van der Waals surface area contributed by atoms with Gasteiger partial charge in [-0.2, -0.15) is 0 Å². The topological polar surface area (TPSA) is 18.1 Å². The summed E-state index contributed by atoms with van der Waals surface area (Å²) in [4.78, 5) is 0. The van der Waals surface area contributed by atoms with Crippen molar-refractivity contribution in [3.8, 4) is 5.69 Å². The lowest BCUT2D eigenvalue weighted by atomic mass is 10.1. The monoisotopic (exact) mass is 487 g/mol. The fourth-order valence-corrected chi connectivity index (χ4v) is 8.21. The van der Waals surface area contributed by atoms with E-state index >= 15 is 0 Å². The van der Waals surface area contributed by atoms with Gasteiger partial charge in [0.05, 0.1) is 14.9 Å². The van der Waals surface area contributed by atoms with Crippen molar-refractivity contribution in [3.63, 3.8) is 0 Å². The number of thiophene rings is 2. The van der Waals surface area contributed by atoms with Gasteiger partial charge < -0.3 is 8.98 Å². The molecule has 0 spiro atoms. The van der Waals surface area contributed by atoms with Crippen LogP contribution in [-0.2, 0) is 0 Å². The zero-order valence-electron chi connectivity index (χ0n) is 19.6. The van der Waals surface area contributed by atoms with E-state index in [-0.39, 0.29) is 0 Å². The molecule has 35 heavy (non-hydrogen) atoms. The minimum Gasteiger partial charge on any atom is -0.454 e. The second-order valence-electron chi connectivity index (χ2n) is 9.68. The highest BCUT2D eigenvalue weighted by Gasteiger charge is 2.21. The number of fused-ring (bicyclic) bond motifs is 10. The highest BCUT2D eigenvalue weighted by Crippen LogP contribution is 2.47. The number of hydrogen-bond acceptors (Lipinski definition) is 3. The standard InChI is InChI=1S/C31H21NOS2/c1-16-4-8-19(9-5-16)32-24-12-17(2)6-10-20(24)29-28(32)22-15-27-23(14-25(22)33-29)31-30(35-27)21-11-7-18(3)13-26(21)34-31/h4-15H,1-3H3. The van der Waals surface area contributed by atoms with Gasteiger partial charge in [-0.05, 0) is 74.4 Å². The SMILES string of the molecule is Cc1ccc(-n2c3cc(C)ccc3c3oc4cc5c(cc4c32)sc2c3ccc(C)cc3sc52)cc1. The van der Waals surface area contributed by atoms with Crippen molar-refractivity contribution in [2.75, 3.05) is 0 Å². The van der Waals surface area contributed by atoms with E-state index in [2.05, 4.69) is 98.1 Å². The van der Waals surface area contributed by atoms with Crippen LogP contribution in [0.3, 0.4) is 0 Å². The molecule has 0 bridgehead atoms. The maximum atomic E-state index is 6.64. The van der Waals surface area contributed by atoms with Crippen molar-refractivity contribution in [3.05, 3.63) is 89.5 Å². The minimum absolute atomic E-state index is 0.958. The Bertz CT molecular complexity index is 2130. The second kappa shape index (κ2) is 6.75. The zero-order chi connectivity index (χ0) is 23.4. The van der Waals surface area contributed by atoms with Gasteiger partial charge >= 0.3 is 0 Å². The highest BCUT2D eigenvalue weighted by atomic mass is 32.1. The zero-order valence-corrected chi connectivity index (χ0v) is 21.2. The molecular weight excluding hydrogens is 466 g/mol. The molecule has 0 saturated carbocycles. The molecule has 168 valence electrons. The summed E-state index contributed by atoms with van der Waals surface area (Å²) in [5.41, 5.74) is 9.26. The van der Waals surface area contributed by atoms with E-state index in [4.69, 9.17) is 4.42 Å². The molecule has 4 aromatic heterocycles. The Balaban J connectivity index is 1.52. The van der Waals surface area contributed by atoms with Crippen molar-refractivity contribution in [2.24, 2.45) is 0 Å². The molecule has 0 amide bonds. The van der Waals surface area contributed by atoms with Crippen LogP contribution in [0, 0.1) is 20.8 Å². The maximum Gasteiger partial charge on any atom is 0.161 e. The Hall–Kier alpha value is -3.60. The lowest BCUT2D eigenvalue weighted by Crippen LogP contribution is -1.94. The lowest BCUT2D eigenvalue weighted by Gasteiger charge is -2.08. The predicted octanol–water partition coefficient (Wildman–Crippen LogP) is 10.0. The lowest BCUT2D eigenvalue weighted by molar-refractivity contribution is 0.673. The van der Waals surface area contributed by atoms with Crippen LogP contribution in [0.2, 0.25) is 0 Å². The third-order valence-corrected chi connectivity index (χ3v) is 9.68. The first-order valence-electron chi connectivity index (χ1n) is 11.8. The smallest absolute Gasteiger partial charge is 0.161 e. The summed E-state index contributed by atoms with van der Waals surface area (Å²) in [6.07, 6.45) is 0. The molecule has 8 aromatic rings. The van der Waals surface area contributed by atoms with Crippen molar-refractivity contribution >= 4 is 85.2 Å². The van der Waals surface area contributed by atoms with Gasteiger partial charge in [0.15, 0.2) is 5.58 Å². The fraction of sp³-hybridized carbons (Fsp3) is 0.0968. The van der Waals surface area contributed by atoms with Crippen LogP contribution in [0.5, 0.6) is 0 Å². The summed E-state index contributed by atoms with van der Waals surface area (Å²) < 4.78 is 14.5. The molecule has 4 aromatic carbocycles. The van der Waals surface area contributed by atoms with Gasteiger partial charge in [0.1, 0.15) is 11.1 Å². The average Bonchev–Trinajstić information content (AvgIpc) is 3.55. The third kappa shape index (κ3) is 2.64. The Morgan fingerprint density at radius 1 is 0.600 bits per heavy atom. The molecule has 4 heteroatoms. The van der Waals surface area contributed by atoms with Crippen molar-refractivity contribution in [2.45, 2.75) is 20.8 Å². The van der Waals surface area contributed by atoms with Gasteiger partial charge in [0, 0.05) is 36.6 Å². The second-order valence-corrected chi connectivity index (χ2v) is 11.8. The highest BCUT2D eigenvalue weighted by molar-refractivity contribution is 7.36. The minimum atomic E-state index is 0.958. The molecule has 0 saturated heterocycles. The van der Waals surface area contributed by atoms with Gasteiger partial charge in [-0.15, -0.1) is 22.7 Å². The van der Waals surface area contributed by atoms with Gasteiger partial charge in [-0.25, -0.2) is 0 Å². The van der Waals surface area contributed by atoms with Gasteiger partial charge in [0.25, 0.3) is 0 Å². The van der Waals surface area contributed by atoms with Gasteiger partial charge in [0.2, 0.25) is 0 Å². The number of benzene rings is 4. The largest absolute Gasteiger partial charge is 0.454 e. The summed E-state index contributed by atoms with van der Waals surface area (Å²) in [7, 11) is 0. The summed E-state index contributed by atoms with van der Waals surface area (Å²) >= 11 is 3.80. The molecule has 0 atom stereocenters. The first-order valence-corrected chi connectivity index (χ1v) is 13.5. The molecule has 0 radical (unpaired) electrons. The Kier molecular flexibility index (Phi) is 3.79. The van der Waals surface area contributed by atoms with Crippen LogP contribution in [0.1, 0.15) is 16.7 Å². The Labute approximate surface area is 209 Å². The number of furan rings is 1. The molecule has 0 N–H and O–H groups in total. The van der Waals surface area contributed by atoms with Crippen molar-refractivity contribution in [1.82, 2.24) is 4.57 Å². The van der Waals surface area contributed by atoms with E-state index in [9.17, 15) is 0 Å². The van der Waals surface area contributed by atoms with Crippen molar-refractivity contribution < 1.29 is 4.42 Å². The van der Waals surface area contributed by atoms with E-state index in [1.807, 2.05) is 22.7 Å². The fourth-order valence-electron chi connectivity index (χ4n) is 5.45. The average molecular weight is 488 g/mol. The Morgan fingerprint density at radius 3 is 2.06 bits per heavy atom. The van der Waals surface area contributed by atoms with E-state index in [0.717, 1.165) is 27.8 Å². The number of nitrogens with zero attached hydrogens (tertiary/aromatic N) is 1. The van der Waals surface area contributed by atoms with Crippen LogP contribution < -0.4 is 0 Å². The summed E-state index contributed by atoms with van der Waals surface area (Å²) in [6.45, 7) is 6.45. The molecule has 0 aliphatic rings.